The molecule has 5 heteroatoms. The molecule has 1 atom stereocenters. The maximum atomic E-state index is 12.4. The molecule has 0 bridgehead atoms. The van der Waals surface area contributed by atoms with Crippen LogP contribution in [0.1, 0.15) is 21.5 Å². The minimum Gasteiger partial charge on any atom is -0.448 e. The lowest BCUT2D eigenvalue weighted by Crippen LogP contribution is -2.38. The lowest BCUT2D eigenvalue weighted by molar-refractivity contribution is -0.125. The standard InChI is InChI=1S/C17H14ClNO3/c1-10-13(18)7-4-8-14(10)19-16(20)15-9-11-5-2-3-6-12(11)17(21)22-15/h2-8,15H,9H2,1H3,(H,19,20). The molecular weight excluding hydrogens is 302 g/mol. The molecular formula is C17H14ClNO3. The number of hydrogen-bond donors (Lipinski definition) is 1. The summed E-state index contributed by atoms with van der Waals surface area (Å²) in [5, 5.41) is 3.34. The second kappa shape index (κ2) is 5.81. The number of nitrogens with one attached hydrogen (secondary N) is 1. The third kappa shape index (κ3) is 2.70. The molecule has 0 saturated heterocycles. The van der Waals surface area contributed by atoms with Crippen LogP contribution in [0.25, 0.3) is 0 Å². The van der Waals surface area contributed by atoms with Crippen LogP contribution in [0.4, 0.5) is 5.69 Å². The molecule has 0 saturated carbocycles. The minimum absolute atomic E-state index is 0.354. The molecule has 0 fully saturated rings. The molecule has 22 heavy (non-hydrogen) atoms. The van der Waals surface area contributed by atoms with E-state index in [1.165, 1.54) is 0 Å². The number of cyclic esters (lactones) is 1. The van der Waals surface area contributed by atoms with Crippen molar-refractivity contribution in [2.75, 3.05) is 5.32 Å². The molecule has 2 aromatic rings. The smallest absolute Gasteiger partial charge is 0.339 e. The van der Waals surface area contributed by atoms with E-state index in [0.717, 1.165) is 11.1 Å². The number of carbonyl (C=O) groups is 2. The SMILES string of the molecule is Cc1c(Cl)cccc1NC(=O)C1Cc2ccccc2C(=O)O1. The van der Waals surface area contributed by atoms with Gasteiger partial charge in [-0.25, -0.2) is 4.79 Å². The van der Waals surface area contributed by atoms with E-state index in [9.17, 15) is 9.59 Å². The highest BCUT2D eigenvalue weighted by molar-refractivity contribution is 6.31. The van der Waals surface area contributed by atoms with Gasteiger partial charge in [-0.2, -0.15) is 0 Å². The Bertz CT molecular complexity index is 757. The maximum absolute atomic E-state index is 12.4. The van der Waals surface area contributed by atoms with Crippen molar-refractivity contribution in [1.29, 1.82) is 0 Å². The van der Waals surface area contributed by atoms with E-state index < -0.39 is 12.1 Å². The fourth-order valence-electron chi connectivity index (χ4n) is 2.43. The number of anilines is 1. The van der Waals surface area contributed by atoms with Gasteiger partial charge in [0.05, 0.1) is 5.56 Å². The summed E-state index contributed by atoms with van der Waals surface area (Å²) in [6.07, 6.45) is -0.464. The Hall–Kier alpha value is -2.33. The lowest BCUT2D eigenvalue weighted by atomic mass is 9.98. The normalized spacial score (nSPS) is 16.6. The first-order valence-electron chi connectivity index (χ1n) is 6.91. The van der Waals surface area contributed by atoms with Gasteiger partial charge < -0.3 is 10.1 Å². The number of benzene rings is 2. The number of hydrogen-bond acceptors (Lipinski definition) is 3. The first-order chi connectivity index (χ1) is 10.6. The van der Waals surface area contributed by atoms with Crippen molar-refractivity contribution in [3.8, 4) is 0 Å². The van der Waals surface area contributed by atoms with Crippen molar-refractivity contribution in [1.82, 2.24) is 0 Å². The molecule has 4 nitrogen and oxygen atoms in total. The highest BCUT2D eigenvalue weighted by Gasteiger charge is 2.31. The topological polar surface area (TPSA) is 55.4 Å². The van der Waals surface area contributed by atoms with Gasteiger partial charge in [0.25, 0.3) is 5.91 Å². The van der Waals surface area contributed by atoms with Gasteiger partial charge in [0.1, 0.15) is 0 Å². The van der Waals surface area contributed by atoms with E-state index in [-0.39, 0.29) is 5.91 Å². The molecule has 0 radical (unpaired) electrons. The molecule has 1 amide bonds. The number of rotatable bonds is 2. The predicted molar refractivity (Wildman–Crippen MR) is 84.2 cm³/mol. The second-order valence-corrected chi connectivity index (χ2v) is 5.56. The summed E-state index contributed by atoms with van der Waals surface area (Å²) in [4.78, 5) is 24.3. The Labute approximate surface area is 133 Å². The molecule has 1 aliphatic heterocycles. The van der Waals surface area contributed by atoms with Crippen molar-refractivity contribution in [2.45, 2.75) is 19.4 Å². The van der Waals surface area contributed by atoms with Crippen LogP contribution in [-0.4, -0.2) is 18.0 Å². The van der Waals surface area contributed by atoms with E-state index in [4.69, 9.17) is 16.3 Å². The summed E-state index contributed by atoms with van der Waals surface area (Å²) in [6, 6.07) is 12.4. The van der Waals surface area contributed by atoms with Gasteiger partial charge >= 0.3 is 5.97 Å². The fraction of sp³-hybridized carbons (Fsp3) is 0.176. The number of carbonyl (C=O) groups excluding carboxylic acids is 2. The van der Waals surface area contributed by atoms with Gasteiger partial charge in [-0.3, -0.25) is 4.79 Å². The highest BCUT2D eigenvalue weighted by Crippen LogP contribution is 2.25. The molecule has 0 aromatic heterocycles. The van der Waals surface area contributed by atoms with Gasteiger partial charge in [-0.1, -0.05) is 35.9 Å². The summed E-state index contributed by atoms with van der Waals surface area (Å²) in [7, 11) is 0. The van der Waals surface area contributed by atoms with E-state index in [1.807, 2.05) is 19.1 Å². The Balaban J connectivity index is 1.80. The Kier molecular flexibility index (Phi) is 3.86. The Morgan fingerprint density at radius 2 is 2.00 bits per heavy atom. The summed E-state index contributed by atoms with van der Waals surface area (Å²) in [6.45, 7) is 1.82. The maximum Gasteiger partial charge on any atom is 0.339 e. The molecule has 2 aromatic carbocycles. The predicted octanol–water partition coefficient (Wildman–Crippen LogP) is 3.37. The van der Waals surface area contributed by atoms with Crippen LogP contribution in [0.3, 0.4) is 0 Å². The number of amides is 1. The summed E-state index contributed by atoms with van der Waals surface area (Å²) >= 11 is 6.04. The summed E-state index contributed by atoms with van der Waals surface area (Å²) < 4.78 is 5.23. The summed E-state index contributed by atoms with van der Waals surface area (Å²) in [5.74, 6) is -0.821. The Morgan fingerprint density at radius 1 is 1.23 bits per heavy atom. The zero-order chi connectivity index (χ0) is 15.7. The van der Waals surface area contributed by atoms with Crippen molar-refractivity contribution >= 4 is 29.2 Å². The van der Waals surface area contributed by atoms with Crippen LogP contribution >= 0.6 is 11.6 Å². The van der Waals surface area contributed by atoms with E-state index in [0.29, 0.717) is 22.7 Å². The van der Waals surface area contributed by atoms with E-state index in [2.05, 4.69) is 5.32 Å². The summed E-state index contributed by atoms with van der Waals surface area (Å²) in [5.41, 5.74) is 2.74. The van der Waals surface area contributed by atoms with Gasteiger partial charge in [-0.15, -0.1) is 0 Å². The zero-order valence-electron chi connectivity index (χ0n) is 11.9. The van der Waals surface area contributed by atoms with E-state index >= 15 is 0 Å². The van der Waals surface area contributed by atoms with E-state index in [1.54, 1.807) is 30.3 Å². The molecule has 0 aliphatic carbocycles. The first-order valence-corrected chi connectivity index (χ1v) is 7.29. The number of halogens is 1. The van der Waals surface area contributed by atoms with Crippen molar-refractivity contribution in [2.24, 2.45) is 0 Å². The average molecular weight is 316 g/mol. The third-order valence-corrected chi connectivity index (χ3v) is 4.12. The monoisotopic (exact) mass is 315 g/mol. The van der Waals surface area contributed by atoms with Crippen LogP contribution in [-0.2, 0) is 16.0 Å². The number of ether oxygens (including phenoxy) is 1. The van der Waals surface area contributed by atoms with Crippen molar-refractivity contribution < 1.29 is 14.3 Å². The van der Waals surface area contributed by atoms with Crippen LogP contribution < -0.4 is 5.32 Å². The van der Waals surface area contributed by atoms with Gasteiger partial charge in [0.15, 0.2) is 6.10 Å². The number of fused-ring (bicyclic) bond motifs is 1. The van der Waals surface area contributed by atoms with Gasteiger partial charge in [0, 0.05) is 17.1 Å². The molecule has 1 unspecified atom stereocenters. The molecule has 3 rings (SSSR count). The van der Waals surface area contributed by atoms with Crippen LogP contribution in [0, 0.1) is 6.92 Å². The highest BCUT2D eigenvalue weighted by atomic mass is 35.5. The first kappa shape index (κ1) is 14.6. The van der Waals surface area contributed by atoms with Crippen LogP contribution in [0.2, 0.25) is 5.02 Å². The third-order valence-electron chi connectivity index (χ3n) is 3.71. The fourth-order valence-corrected chi connectivity index (χ4v) is 2.61. The van der Waals surface area contributed by atoms with Crippen molar-refractivity contribution in [3.05, 3.63) is 64.2 Å². The van der Waals surface area contributed by atoms with Crippen molar-refractivity contribution in [3.63, 3.8) is 0 Å². The molecule has 1 aliphatic rings. The lowest BCUT2D eigenvalue weighted by Gasteiger charge is -2.24. The molecule has 1 N–H and O–H groups in total. The van der Waals surface area contributed by atoms with Gasteiger partial charge in [-0.05, 0) is 36.2 Å². The molecule has 0 spiro atoms. The minimum atomic E-state index is -0.833. The Morgan fingerprint density at radius 3 is 2.82 bits per heavy atom. The van der Waals surface area contributed by atoms with Crippen LogP contribution in [0.5, 0.6) is 0 Å². The zero-order valence-corrected chi connectivity index (χ0v) is 12.7. The second-order valence-electron chi connectivity index (χ2n) is 5.16. The molecule has 1 heterocycles. The average Bonchev–Trinajstić information content (AvgIpc) is 2.52. The largest absolute Gasteiger partial charge is 0.448 e. The number of esters is 1. The van der Waals surface area contributed by atoms with Crippen LogP contribution in [0.15, 0.2) is 42.5 Å². The van der Waals surface area contributed by atoms with Gasteiger partial charge in [0.2, 0.25) is 0 Å². The quantitative estimate of drug-likeness (QED) is 0.864. The molecule has 112 valence electrons.